The summed E-state index contributed by atoms with van der Waals surface area (Å²) in [4.78, 5) is 26.5. The van der Waals surface area contributed by atoms with Gasteiger partial charge in [-0.05, 0) is 31.0 Å². The molecule has 7 atom stereocenters. The molecule has 4 rings (SSSR count). The summed E-state index contributed by atoms with van der Waals surface area (Å²) in [7, 11) is 1.47. The molecule has 37 heavy (non-hydrogen) atoms. The summed E-state index contributed by atoms with van der Waals surface area (Å²) in [5, 5.41) is 45.1. The number of carbonyl (C=O) groups is 2. The van der Waals surface area contributed by atoms with Crippen molar-refractivity contribution in [2.24, 2.45) is 11.7 Å². The average Bonchev–Trinajstić information content (AvgIpc) is 3.51. The number of phenols is 1. The fourth-order valence-electron chi connectivity index (χ4n) is 4.86. The van der Waals surface area contributed by atoms with Crippen LogP contribution in [-0.4, -0.2) is 75.3 Å². The molecular formula is C25H32ClN3O8. The van der Waals surface area contributed by atoms with Crippen LogP contribution in [0, 0.1) is 5.92 Å². The molecule has 2 amide bonds. The third kappa shape index (κ3) is 5.33. The number of aliphatic hydroxyl groups excluding tert-OH is 2. The third-order valence-electron chi connectivity index (χ3n) is 7.24. The van der Waals surface area contributed by atoms with Crippen LogP contribution >= 0.6 is 11.6 Å². The van der Waals surface area contributed by atoms with Gasteiger partial charge >= 0.3 is 6.09 Å². The fraction of sp³-hybridized carbons (Fsp3) is 0.520. The quantitative estimate of drug-likeness (QED) is 0.264. The Balaban J connectivity index is 1.71. The number of nitrogens with zero attached hydrogens (tertiary/aromatic N) is 1. The largest absolute Gasteiger partial charge is 0.506 e. The maximum absolute atomic E-state index is 13.0. The van der Waals surface area contributed by atoms with Crippen molar-refractivity contribution in [2.75, 3.05) is 11.9 Å². The highest BCUT2D eigenvalue weighted by Gasteiger charge is 2.63. The molecule has 3 aliphatic rings. The summed E-state index contributed by atoms with van der Waals surface area (Å²) < 4.78 is 10.9. The molecule has 11 nitrogen and oxygen atoms in total. The maximum Gasteiger partial charge on any atom is 0.409 e. The van der Waals surface area contributed by atoms with E-state index in [0.29, 0.717) is 12.0 Å². The predicted molar refractivity (Wildman–Crippen MR) is 134 cm³/mol. The number of fused-ring (bicyclic) bond motifs is 5. The van der Waals surface area contributed by atoms with Crippen LogP contribution in [0.1, 0.15) is 32.3 Å². The zero-order valence-corrected chi connectivity index (χ0v) is 21.5. The topological polar surface area (TPSA) is 178 Å². The molecule has 1 aromatic rings. The van der Waals surface area contributed by atoms with Gasteiger partial charge in [-0.3, -0.25) is 15.8 Å². The molecule has 3 heterocycles. The Kier molecular flexibility index (Phi) is 7.32. The van der Waals surface area contributed by atoms with E-state index in [1.165, 1.54) is 24.1 Å². The molecule has 7 N–H and O–H groups in total. The number of hydrogen-bond acceptors (Lipinski definition) is 9. The van der Waals surface area contributed by atoms with Gasteiger partial charge in [0.1, 0.15) is 35.2 Å². The number of amides is 2. The molecule has 0 aliphatic carbocycles. The molecule has 2 saturated heterocycles. The van der Waals surface area contributed by atoms with Gasteiger partial charge in [-0.2, -0.15) is 0 Å². The number of anilines is 1. The molecule has 4 bridgehead atoms. The van der Waals surface area contributed by atoms with Gasteiger partial charge in [0.05, 0.1) is 12.1 Å². The van der Waals surface area contributed by atoms with Gasteiger partial charge in [0, 0.05) is 19.4 Å². The number of ether oxygens (including phenoxy) is 2. The summed E-state index contributed by atoms with van der Waals surface area (Å²) in [6.07, 6.45) is -1.11. The van der Waals surface area contributed by atoms with E-state index in [1.54, 1.807) is 25.1 Å². The molecule has 0 spiro atoms. The van der Waals surface area contributed by atoms with Crippen molar-refractivity contribution in [3.05, 3.63) is 46.5 Å². The Morgan fingerprint density at radius 1 is 1.27 bits per heavy atom. The van der Waals surface area contributed by atoms with Gasteiger partial charge in [-0.15, -0.1) is 0 Å². The number of aliphatic hydroxyl groups is 3. The van der Waals surface area contributed by atoms with E-state index in [4.69, 9.17) is 26.8 Å². The molecule has 0 unspecified atom stereocenters. The molecule has 2 fully saturated rings. The Bertz CT molecular complexity index is 1160. The van der Waals surface area contributed by atoms with Gasteiger partial charge in [0.2, 0.25) is 5.91 Å². The van der Waals surface area contributed by atoms with Gasteiger partial charge in [0.15, 0.2) is 11.4 Å². The summed E-state index contributed by atoms with van der Waals surface area (Å²) in [6.45, 7) is 3.50. The van der Waals surface area contributed by atoms with E-state index in [-0.39, 0.29) is 22.9 Å². The number of aromatic hydroxyl groups is 1. The average molecular weight is 538 g/mol. The zero-order valence-electron chi connectivity index (χ0n) is 20.7. The molecule has 12 heteroatoms. The smallest absolute Gasteiger partial charge is 0.409 e. The standard InChI is InChI=1S/C25H32ClN3O8/c1-12-5-4-6-18(31)24(35)11-17(36-23(34)28-24)13(2)22-25(27,37-22)19(32)10-20(33)29(3)15-8-14(7-12)9-16(30)21(15)26/h4-6,8-9,13,17-19,22,30-32,35H,7,10-11,27H2,1-3H3,(H,28,34)/b6-4+,12-5+/t13-,17+,18-,19+,22+,24+,25+/m1/s1. The second-order valence-corrected chi connectivity index (χ2v) is 10.5. The molecular weight excluding hydrogens is 506 g/mol. The Morgan fingerprint density at radius 2 is 1.97 bits per heavy atom. The first-order valence-electron chi connectivity index (χ1n) is 11.9. The van der Waals surface area contributed by atoms with Crippen molar-refractivity contribution in [3.63, 3.8) is 0 Å². The number of allylic oxidation sites excluding steroid dienone is 3. The third-order valence-corrected chi connectivity index (χ3v) is 7.62. The lowest BCUT2D eigenvalue weighted by atomic mass is 9.86. The van der Waals surface area contributed by atoms with Crippen molar-refractivity contribution >= 4 is 29.3 Å². The first-order valence-corrected chi connectivity index (χ1v) is 12.3. The first-order chi connectivity index (χ1) is 17.2. The first kappa shape index (κ1) is 27.4. The zero-order chi connectivity index (χ0) is 27.3. The number of rotatable bonds is 0. The van der Waals surface area contributed by atoms with Crippen LogP contribution in [0.15, 0.2) is 35.9 Å². The van der Waals surface area contributed by atoms with Crippen LogP contribution in [-0.2, 0) is 20.7 Å². The maximum atomic E-state index is 13.0. The van der Waals surface area contributed by atoms with E-state index < -0.39 is 60.2 Å². The normalized spacial score (nSPS) is 39.1. The van der Waals surface area contributed by atoms with E-state index in [2.05, 4.69) is 5.32 Å². The predicted octanol–water partition coefficient (Wildman–Crippen LogP) is 1.06. The molecule has 0 saturated carbocycles. The minimum absolute atomic E-state index is 0.0175. The minimum Gasteiger partial charge on any atom is -0.506 e. The lowest BCUT2D eigenvalue weighted by Gasteiger charge is -2.40. The van der Waals surface area contributed by atoms with Crippen LogP contribution < -0.4 is 16.0 Å². The van der Waals surface area contributed by atoms with Crippen molar-refractivity contribution in [1.29, 1.82) is 0 Å². The van der Waals surface area contributed by atoms with Crippen LogP contribution in [0.4, 0.5) is 10.5 Å². The lowest BCUT2D eigenvalue weighted by Crippen LogP contribution is -2.63. The van der Waals surface area contributed by atoms with E-state index in [9.17, 15) is 30.0 Å². The number of epoxide rings is 1. The number of alkyl carbamates (subject to hydrolysis) is 1. The number of halogens is 1. The van der Waals surface area contributed by atoms with Gasteiger partial charge < -0.3 is 34.8 Å². The van der Waals surface area contributed by atoms with E-state index in [0.717, 1.165) is 5.57 Å². The number of hydrogen-bond donors (Lipinski definition) is 6. The Hall–Kier alpha value is -2.67. The summed E-state index contributed by atoms with van der Waals surface area (Å²) in [6, 6.07) is 3.14. The summed E-state index contributed by atoms with van der Waals surface area (Å²) in [5.41, 5.74) is 4.40. The number of nitrogens with one attached hydrogen (secondary N) is 1. The van der Waals surface area contributed by atoms with Gasteiger partial charge in [-0.1, -0.05) is 42.3 Å². The van der Waals surface area contributed by atoms with E-state index >= 15 is 0 Å². The Morgan fingerprint density at radius 3 is 2.68 bits per heavy atom. The molecule has 3 aliphatic heterocycles. The molecule has 202 valence electrons. The molecule has 0 aromatic heterocycles. The minimum atomic E-state index is -2.02. The van der Waals surface area contributed by atoms with Crippen LogP contribution in [0.3, 0.4) is 0 Å². The van der Waals surface area contributed by atoms with Crippen molar-refractivity contribution < 1.29 is 39.5 Å². The number of nitrogens with two attached hydrogens (primary N) is 1. The lowest BCUT2D eigenvalue weighted by molar-refractivity contribution is -0.133. The summed E-state index contributed by atoms with van der Waals surface area (Å²) >= 11 is 6.28. The van der Waals surface area contributed by atoms with Crippen molar-refractivity contribution in [3.8, 4) is 5.75 Å². The van der Waals surface area contributed by atoms with Gasteiger partial charge in [0.25, 0.3) is 0 Å². The number of carbonyl (C=O) groups excluding carboxylic acids is 2. The van der Waals surface area contributed by atoms with Crippen LogP contribution in [0.5, 0.6) is 5.75 Å². The fourth-order valence-corrected chi connectivity index (χ4v) is 5.09. The van der Waals surface area contributed by atoms with Crippen molar-refractivity contribution in [1.82, 2.24) is 5.32 Å². The highest BCUT2D eigenvalue weighted by Crippen LogP contribution is 2.44. The van der Waals surface area contributed by atoms with E-state index in [1.807, 2.05) is 6.92 Å². The number of phenolic OH excluding ortho intramolecular Hbond substituents is 1. The van der Waals surface area contributed by atoms with Crippen LogP contribution in [0.25, 0.3) is 0 Å². The van der Waals surface area contributed by atoms with Crippen molar-refractivity contribution in [2.45, 2.75) is 69.0 Å². The Labute approximate surface area is 219 Å². The summed E-state index contributed by atoms with van der Waals surface area (Å²) in [5.74, 6) is -1.32. The monoisotopic (exact) mass is 537 g/mol. The number of benzene rings is 1. The molecule has 0 radical (unpaired) electrons. The highest BCUT2D eigenvalue weighted by molar-refractivity contribution is 6.35. The van der Waals surface area contributed by atoms with Gasteiger partial charge in [-0.25, -0.2) is 4.79 Å². The van der Waals surface area contributed by atoms with Crippen LogP contribution in [0.2, 0.25) is 5.02 Å². The SMILES string of the molecule is C/C1=C\C=C\[C@@H](O)[C@@]2(O)C[C@H](OC(=O)N2)[C@@H](C)[C@@H]2O[C@@]2(N)[C@@H](O)CC(=O)N(C)c2cc(cc(O)c2Cl)C1. The molecule has 1 aromatic carbocycles. The second-order valence-electron chi connectivity index (χ2n) is 10.1. The second kappa shape index (κ2) is 9.90. The highest BCUT2D eigenvalue weighted by atomic mass is 35.5.